The number of hydrogen-bond donors (Lipinski definition) is 2. The van der Waals surface area contributed by atoms with Crippen LogP contribution in [0.4, 0.5) is 10.8 Å². The van der Waals surface area contributed by atoms with E-state index in [9.17, 15) is 4.79 Å². The van der Waals surface area contributed by atoms with Gasteiger partial charge in [0.05, 0.1) is 32.7 Å². The number of thiazole rings is 1. The molecule has 8 heteroatoms. The molecule has 6 nitrogen and oxygen atoms in total. The highest BCUT2D eigenvalue weighted by molar-refractivity contribution is 7.19. The summed E-state index contributed by atoms with van der Waals surface area (Å²) in [6.45, 7) is 1.48. The van der Waals surface area contributed by atoms with Crippen molar-refractivity contribution in [2.24, 2.45) is 0 Å². The van der Waals surface area contributed by atoms with Crippen molar-refractivity contribution >= 4 is 39.7 Å². The lowest BCUT2D eigenvalue weighted by Gasteiger charge is -2.14. The third-order valence-electron chi connectivity index (χ3n) is 5.03. The molecule has 0 fully saturated rings. The van der Waals surface area contributed by atoms with Crippen molar-refractivity contribution in [3.8, 4) is 27.5 Å². The summed E-state index contributed by atoms with van der Waals surface area (Å²) in [4.78, 5) is 17.2. The van der Waals surface area contributed by atoms with E-state index in [4.69, 9.17) is 22.4 Å². The number of para-hydroxylation sites is 1. The van der Waals surface area contributed by atoms with E-state index in [1.165, 1.54) is 18.3 Å². The summed E-state index contributed by atoms with van der Waals surface area (Å²) < 4.78 is 1.89. The molecule has 0 saturated heterocycles. The Morgan fingerprint density at radius 3 is 2.80 bits per heavy atom. The molecule has 2 heterocycles. The summed E-state index contributed by atoms with van der Waals surface area (Å²) in [5.41, 5.74) is 12.4. The van der Waals surface area contributed by atoms with Crippen LogP contribution in [0, 0.1) is 0 Å². The molecule has 0 unspecified atom stereocenters. The molecule has 30 heavy (non-hydrogen) atoms. The van der Waals surface area contributed by atoms with Gasteiger partial charge in [0.2, 0.25) is 5.91 Å². The van der Waals surface area contributed by atoms with E-state index in [1.807, 2.05) is 53.2 Å². The predicted molar refractivity (Wildman–Crippen MR) is 121 cm³/mol. The molecule has 0 aliphatic heterocycles. The first-order valence-electron chi connectivity index (χ1n) is 9.51. The molecule has 5 rings (SSSR count). The van der Waals surface area contributed by atoms with Crippen LogP contribution in [0.15, 0.2) is 48.5 Å². The highest BCUT2D eigenvalue weighted by Crippen LogP contribution is 2.44. The molecule has 0 bridgehead atoms. The maximum absolute atomic E-state index is 11.5. The lowest BCUT2D eigenvalue weighted by Crippen LogP contribution is -2.07. The summed E-state index contributed by atoms with van der Waals surface area (Å²) in [6, 6.07) is 15.4. The van der Waals surface area contributed by atoms with Crippen LogP contribution in [0.5, 0.6) is 0 Å². The van der Waals surface area contributed by atoms with Crippen molar-refractivity contribution < 1.29 is 4.79 Å². The molecule has 1 aliphatic rings. The van der Waals surface area contributed by atoms with Crippen molar-refractivity contribution in [1.29, 1.82) is 0 Å². The van der Waals surface area contributed by atoms with Crippen LogP contribution in [-0.4, -0.2) is 20.7 Å². The Kier molecular flexibility index (Phi) is 4.56. The quantitative estimate of drug-likeness (QED) is 0.445. The maximum atomic E-state index is 11.5. The van der Waals surface area contributed by atoms with E-state index in [2.05, 4.69) is 10.3 Å². The third kappa shape index (κ3) is 3.16. The molecule has 3 N–H and O–H groups in total. The molecule has 2 aromatic carbocycles. The van der Waals surface area contributed by atoms with Gasteiger partial charge in [0.15, 0.2) is 5.13 Å². The summed E-state index contributed by atoms with van der Waals surface area (Å²) in [6.07, 6.45) is 1.57. The Hall–Kier alpha value is -3.16. The van der Waals surface area contributed by atoms with Gasteiger partial charge in [-0.3, -0.25) is 4.79 Å². The van der Waals surface area contributed by atoms with E-state index in [-0.39, 0.29) is 5.91 Å². The topological polar surface area (TPSA) is 85.8 Å². The Morgan fingerprint density at radius 1 is 1.20 bits per heavy atom. The molecule has 1 amide bonds. The number of hydrogen-bond acceptors (Lipinski definition) is 5. The number of nitrogens with two attached hydrogens (primary N) is 1. The number of anilines is 2. The van der Waals surface area contributed by atoms with Crippen LogP contribution in [0.2, 0.25) is 5.02 Å². The summed E-state index contributed by atoms with van der Waals surface area (Å²) >= 11 is 7.99. The minimum absolute atomic E-state index is 0.138. The van der Waals surface area contributed by atoms with Crippen molar-refractivity contribution in [3.63, 3.8) is 0 Å². The number of nitrogen functional groups attached to an aromatic ring is 1. The van der Waals surface area contributed by atoms with Gasteiger partial charge < -0.3 is 11.1 Å². The van der Waals surface area contributed by atoms with E-state index in [1.54, 1.807) is 0 Å². The van der Waals surface area contributed by atoms with Gasteiger partial charge in [-0.25, -0.2) is 9.67 Å². The molecular weight excluding hydrogens is 418 g/mol. The number of carbonyl (C=O) groups excluding carboxylic acids is 1. The number of aromatic nitrogens is 3. The van der Waals surface area contributed by atoms with Gasteiger partial charge in [-0.15, -0.1) is 0 Å². The van der Waals surface area contributed by atoms with Crippen molar-refractivity contribution in [1.82, 2.24) is 14.8 Å². The molecule has 150 valence electrons. The number of benzene rings is 2. The van der Waals surface area contributed by atoms with Crippen LogP contribution < -0.4 is 11.1 Å². The summed E-state index contributed by atoms with van der Waals surface area (Å²) in [7, 11) is 0. The number of amides is 1. The highest BCUT2D eigenvalue weighted by atomic mass is 35.5. The maximum Gasteiger partial charge on any atom is 0.223 e. The lowest BCUT2D eigenvalue weighted by atomic mass is 9.95. The van der Waals surface area contributed by atoms with Crippen molar-refractivity contribution in [2.75, 3.05) is 11.1 Å². The minimum Gasteiger partial charge on any atom is -0.399 e. The van der Waals surface area contributed by atoms with Gasteiger partial charge in [0.25, 0.3) is 0 Å². The largest absolute Gasteiger partial charge is 0.399 e. The Labute approximate surface area is 182 Å². The predicted octanol–water partition coefficient (Wildman–Crippen LogP) is 4.96. The fourth-order valence-electron chi connectivity index (χ4n) is 3.79. The lowest BCUT2D eigenvalue weighted by molar-refractivity contribution is -0.114. The second-order valence-corrected chi connectivity index (χ2v) is 8.55. The Morgan fingerprint density at radius 2 is 2.03 bits per heavy atom. The molecule has 0 saturated carbocycles. The SMILES string of the molecule is CC(=O)Nc1nc2c(s1)-c1c(c(-c3cccc(N)c3)nn1-c1ccccc1Cl)CC2. The average molecular weight is 436 g/mol. The van der Waals surface area contributed by atoms with Crippen LogP contribution >= 0.6 is 22.9 Å². The number of rotatable bonds is 3. The first-order chi connectivity index (χ1) is 14.5. The van der Waals surface area contributed by atoms with Crippen LogP contribution in [0.1, 0.15) is 18.2 Å². The number of nitrogens with zero attached hydrogens (tertiary/aromatic N) is 3. The van der Waals surface area contributed by atoms with Gasteiger partial charge >= 0.3 is 0 Å². The van der Waals surface area contributed by atoms with Gasteiger partial charge in [-0.1, -0.05) is 47.2 Å². The van der Waals surface area contributed by atoms with E-state index < -0.39 is 0 Å². The van der Waals surface area contributed by atoms with E-state index in [0.29, 0.717) is 15.8 Å². The minimum atomic E-state index is -0.138. The van der Waals surface area contributed by atoms with Crippen LogP contribution in [0.25, 0.3) is 27.5 Å². The second-order valence-electron chi connectivity index (χ2n) is 7.14. The fourth-order valence-corrected chi connectivity index (χ4v) is 5.12. The molecular formula is C22H18ClN5OS. The van der Waals surface area contributed by atoms with Crippen LogP contribution in [-0.2, 0) is 17.6 Å². The number of aryl methyl sites for hydroxylation is 1. The number of carbonyl (C=O) groups is 1. The first-order valence-corrected chi connectivity index (χ1v) is 10.7. The average Bonchev–Trinajstić information content (AvgIpc) is 3.28. The zero-order valence-corrected chi connectivity index (χ0v) is 17.7. The molecule has 0 radical (unpaired) electrons. The van der Waals surface area contributed by atoms with E-state index >= 15 is 0 Å². The summed E-state index contributed by atoms with van der Waals surface area (Å²) in [5, 5.41) is 8.98. The molecule has 4 aromatic rings. The summed E-state index contributed by atoms with van der Waals surface area (Å²) in [5.74, 6) is -0.138. The van der Waals surface area contributed by atoms with Gasteiger partial charge in [-0.2, -0.15) is 5.10 Å². The second kappa shape index (κ2) is 7.27. The molecule has 1 aliphatic carbocycles. The fraction of sp³-hybridized carbons (Fsp3) is 0.136. The molecule has 0 spiro atoms. The van der Waals surface area contributed by atoms with Crippen molar-refractivity contribution in [2.45, 2.75) is 19.8 Å². The Balaban J connectivity index is 1.77. The molecule has 2 aromatic heterocycles. The zero-order valence-electron chi connectivity index (χ0n) is 16.1. The number of nitrogens with one attached hydrogen (secondary N) is 1. The number of halogens is 1. The van der Waals surface area contributed by atoms with Crippen LogP contribution in [0.3, 0.4) is 0 Å². The zero-order chi connectivity index (χ0) is 20.8. The van der Waals surface area contributed by atoms with Crippen molar-refractivity contribution in [3.05, 3.63) is 64.8 Å². The van der Waals surface area contributed by atoms with Gasteiger partial charge in [0.1, 0.15) is 0 Å². The first kappa shape index (κ1) is 18.8. The Bertz CT molecular complexity index is 1290. The monoisotopic (exact) mass is 435 g/mol. The van der Waals surface area contributed by atoms with Gasteiger partial charge in [0, 0.05) is 23.7 Å². The standard InChI is InChI=1S/C22H18ClN5OS/c1-12(29)25-22-26-17-10-9-15-19(13-5-4-6-14(24)11-13)27-28(20(15)21(17)30-22)18-8-3-2-7-16(18)23/h2-8,11H,9-10,24H2,1H3,(H,25,26,29). The third-order valence-corrected chi connectivity index (χ3v) is 6.37. The molecule has 0 atom stereocenters. The highest BCUT2D eigenvalue weighted by Gasteiger charge is 2.30. The van der Waals surface area contributed by atoms with E-state index in [0.717, 1.165) is 51.6 Å². The number of fused-ring (bicyclic) bond motifs is 3. The normalized spacial score (nSPS) is 12.3. The van der Waals surface area contributed by atoms with Gasteiger partial charge in [-0.05, 0) is 37.1 Å². The smallest absolute Gasteiger partial charge is 0.223 e.